The van der Waals surface area contributed by atoms with E-state index in [1.807, 2.05) is 0 Å². The molecule has 0 fully saturated rings. The van der Waals surface area contributed by atoms with Crippen LogP contribution in [-0.2, 0) is 0 Å². The summed E-state index contributed by atoms with van der Waals surface area (Å²) in [7, 11) is 1.50. The number of rotatable bonds is 3. The Balaban J connectivity index is 3.18. The summed E-state index contributed by atoms with van der Waals surface area (Å²) in [5.74, 6) is 0.261. The fourth-order valence-corrected chi connectivity index (χ4v) is 1.67. The number of halogens is 1. The highest BCUT2D eigenvalue weighted by atomic mass is 79.9. The van der Waals surface area contributed by atoms with E-state index in [2.05, 4.69) is 20.8 Å². The SMILES string of the molecule is [C-]#[N+]CC(=O)c1c(Br)cccc1OC. The first-order chi connectivity index (χ1) is 6.70. The summed E-state index contributed by atoms with van der Waals surface area (Å²) < 4.78 is 5.70. The number of benzene rings is 1. The van der Waals surface area contributed by atoms with Crippen LogP contribution in [0.5, 0.6) is 5.75 Å². The largest absolute Gasteiger partial charge is 0.496 e. The Morgan fingerprint density at radius 1 is 1.64 bits per heavy atom. The zero-order chi connectivity index (χ0) is 10.6. The van der Waals surface area contributed by atoms with E-state index >= 15 is 0 Å². The van der Waals surface area contributed by atoms with E-state index in [1.165, 1.54) is 7.11 Å². The number of methoxy groups -OCH3 is 1. The van der Waals surface area contributed by atoms with Crippen molar-refractivity contribution in [3.8, 4) is 5.75 Å². The van der Waals surface area contributed by atoms with Crippen LogP contribution in [0.15, 0.2) is 22.7 Å². The number of nitrogens with zero attached hydrogens (tertiary/aromatic N) is 1. The second kappa shape index (κ2) is 4.77. The van der Waals surface area contributed by atoms with Gasteiger partial charge in [0.25, 0.3) is 6.54 Å². The third-order valence-electron chi connectivity index (χ3n) is 1.70. The Bertz CT molecular complexity index is 396. The molecule has 1 aromatic rings. The van der Waals surface area contributed by atoms with Gasteiger partial charge < -0.3 is 9.58 Å². The highest BCUT2D eigenvalue weighted by molar-refractivity contribution is 9.10. The number of ether oxygens (including phenoxy) is 1. The van der Waals surface area contributed by atoms with Crippen molar-refractivity contribution < 1.29 is 9.53 Å². The number of hydrogen-bond donors (Lipinski definition) is 0. The highest BCUT2D eigenvalue weighted by Crippen LogP contribution is 2.26. The Kier molecular flexibility index (Phi) is 3.66. The highest BCUT2D eigenvalue weighted by Gasteiger charge is 2.17. The fraction of sp³-hybridized carbons (Fsp3) is 0.200. The quantitative estimate of drug-likeness (QED) is 0.613. The van der Waals surface area contributed by atoms with Crippen LogP contribution in [-0.4, -0.2) is 19.4 Å². The molecule has 0 N–H and O–H groups in total. The smallest absolute Gasteiger partial charge is 0.276 e. The van der Waals surface area contributed by atoms with E-state index in [1.54, 1.807) is 18.2 Å². The number of Topliss-reactive ketones (excluding diaryl/α,β-unsaturated/α-hetero) is 1. The first-order valence-corrected chi connectivity index (χ1v) is 4.69. The van der Waals surface area contributed by atoms with Crippen LogP contribution in [0.2, 0.25) is 0 Å². The summed E-state index contributed by atoms with van der Waals surface area (Å²) in [5.41, 5.74) is 0.436. The van der Waals surface area contributed by atoms with Crippen LogP contribution in [0.4, 0.5) is 0 Å². The molecule has 0 spiro atoms. The minimum Gasteiger partial charge on any atom is -0.496 e. The van der Waals surface area contributed by atoms with Gasteiger partial charge in [0.05, 0.1) is 12.7 Å². The van der Waals surface area contributed by atoms with Crippen molar-refractivity contribution in [2.24, 2.45) is 0 Å². The van der Waals surface area contributed by atoms with Crippen LogP contribution in [0, 0.1) is 6.57 Å². The van der Waals surface area contributed by atoms with Gasteiger partial charge in [-0.2, -0.15) is 0 Å². The second-order valence-electron chi connectivity index (χ2n) is 2.56. The molecule has 1 aromatic carbocycles. The minimum absolute atomic E-state index is 0.154. The average molecular weight is 254 g/mol. The van der Waals surface area contributed by atoms with Gasteiger partial charge in [-0.25, -0.2) is 6.57 Å². The molecule has 0 bridgehead atoms. The van der Waals surface area contributed by atoms with Gasteiger partial charge in [0.2, 0.25) is 5.78 Å². The molecule has 0 atom stereocenters. The Labute approximate surface area is 90.6 Å². The zero-order valence-corrected chi connectivity index (χ0v) is 9.17. The summed E-state index contributed by atoms with van der Waals surface area (Å²) in [6.45, 7) is 6.47. The average Bonchev–Trinajstić information content (AvgIpc) is 2.17. The second-order valence-corrected chi connectivity index (χ2v) is 3.41. The van der Waals surface area contributed by atoms with Crippen molar-refractivity contribution in [1.82, 2.24) is 0 Å². The molecule has 4 heteroatoms. The fourth-order valence-electron chi connectivity index (χ4n) is 1.10. The summed E-state index contributed by atoms with van der Waals surface area (Å²) in [4.78, 5) is 14.6. The van der Waals surface area contributed by atoms with Crippen LogP contribution in [0.1, 0.15) is 10.4 Å². The monoisotopic (exact) mass is 253 g/mol. The van der Waals surface area contributed by atoms with Crippen molar-refractivity contribution in [1.29, 1.82) is 0 Å². The molecule has 1 rings (SSSR count). The normalized spacial score (nSPS) is 9.21. The topological polar surface area (TPSA) is 30.7 Å². The summed E-state index contributed by atoms with van der Waals surface area (Å²) >= 11 is 3.25. The standard InChI is InChI=1S/C10H8BrNO2/c1-12-6-8(13)10-7(11)4-3-5-9(10)14-2/h3-5H,6H2,2H3. The van der Waals surface area contributed by atoms with Crippen LogP contribution < -0.4 is 4.74 Å². The molecule has 0 heterocycles. The van der Waals surface area contributed by atoms with Gasteiger partial charge in [0, 0.05) is 4.47 Å². The van der Waals surface area contributed by atoms with Gasteiger partial charge in [-0.3, -0.25) is 4.79 Å². The Morgan fingerprint density at radius 2 is 2.36 bits per heavy atom. The van der Waals surface area contributed by atoms with E-state index in [-0.39, 0.29) is 12.3 Å². The molecule has 0 radical (unpaired) electrons. The molecule has 0 amide bonds. The molecule has 72 valence electrons. The van der Waals surface area contributed by atoms with Crippen molar-refractivity contribution in [3.63, 3.8) is 0 Å². The maximum absolute atomic E-state index is 11.5. The molecular formula is C10H8BrNO2. The number of carbonyl (C=O) groups excluding carboxylic acids is 1. The van der Waals surface area contributed by atoms with Crippen LogP contribution in [0.3, 0.4) is 0 Å². The number of carbonyl (C=O) groups is 1. The maximum Gasteiger partial charge on any atom is 0.276 e. The molecule has 0 aliphatic heterocycles. The number of ketones is 1. The summed E-state index contributed by atoms with van der Waals surface area (Å²) in [6.07, 6.45) is 0. The Hall–Kier alpha value is -1.34. The lowest BCUT2D eigenvalue weighted by Crippen LogP contribution is -2.05. The molecule has 0 aliphatic rings. The first kappa shape index (κ1) is 10.7. The summed E-state index contributed by atoms with van der Waals surface area (Å²) in [5, 5.41) is 0. The maximum atomic E-state index is 11.5. The molecule has 0 aliphatic carbocycles. The molecular weight excluding hydrogens is 246 g/mol. The van der Waals surface area contributed by atoms with Gasteiger partial charge in [0.15, 0.2) is 0 Å². The van der Waals surface area contributed by atoms with E-state index in [0.717, 1.165) is 0 Å². The predicted molar refractivity (Wildman–Crippen MR) is 56.5 cm³/mol. The van der Waals surface area contributed by atoms with Crippen molar-refractivity contribution in [3.05, 3.63) is 39.7 Å². The van der Waals surface area contributed by atoms with Crippen molar-refractivity contribution in [2.45, 2.75) is 0 Å². The molecule has 0 saturated carbocycles. The van der Waals surface area contributed by atoms with Crippen molar-refractivity contribution in [2.75, 3.05) is 13.7 Å². The van der Waals surface area contributed by atoms with E-state index < -0.39 is 0 Å². The Morgan fingerprint density at radius 3 is 2.93 bits per heavy atom. The van der Waals surface area contributed by atoms with Crippen LogP contribution >= 0.6 is 15.9 Å². The van der Waals surface area contributed by atoms with Gasteiger partial charge in [-0.05, 0) is 28.1 Å². The third kappa shape index (κ3) is 2.12. The molecule has 0 unspecified atom stereocenters. The summed E-state index contributed by atoms with van der Waals surface area (Å²) in [6, 6.07) is 5.22. The first-order valence-electron chi connectivity index (χ1n) is 3.89. The molecule has 3 nitrogen and oxygen atoms in total. The molecule has 0 aromatic heterocycles. The van der Waals surface area contributed by atoms with Gasteiger partial charge in [0.1, 0.15) is 5.75 Å². The third-order valence-corrected chi connectivity index (χ3v) is 2.36. The van der Waals surface area contributed by atoms with E-state index in [4.69, 9.17) is 11.3 Å². The lowest BCUT2D eigenvalue weighted by atomic mass is 10.1. The van der Waals surface area contributed by atoms with Crippen LogP contribution in [0.25, 0.3) is 4.85 Å². The minimum atomic E-state index is -0.232. The van der Waals surface area contributed by atoms with E-state index in [0.29, 0.717) is 15.8 Å². The van der Waals surface area contributed by atoms with Gasteiger partial charge in [-0.1, -0.05) is 6.07 Å². The van der Waals surface area contributed by atoms with Crippen molar-refractivity contribution >= 4 is 21.7 Å². The predicted octanol–water partition coefficient (Wildman–Crippen LogP) is 2.56. The zero-order valence-electron chi connectivity index (χ0n) is 7.58. The molecule has 14 heavy (non-hydrogen) atoms. The van der Waals surface area contributed by atoms with Gasteiger partial charge >= 0.3 is 0 Å². The lowest BCUT2D eigenvalue weighted by Gasteiger charge is -2.06. The lowest BCUT2D eigenvalue weighted by molar-refractivity contribution is 0.101. The molecule has 0 saturated heterocycles. The number of hydrogen-bond acceptors (Lipinski definition) is 2. The van der Waals surface area contributed by atoms with Gasteiger partial charge in [-0.15, -0.1) is 0 Å². The van der Waals surface area contributed by atoms with E-state index in [9.17, 15) is 4.79 Å².